The Morgan fingerprint density at radius 3 is 2.47 bits per heavy atom. The highest BCUT2D eigenvalue weighted by Gasteiger charge is 2.44. The van der Waals surface area contributed by atoms with E-state index in [-0.39, 0.29) is 22.5 Å². The SMILES string of the molecule is CC(C)(C)c1ccc(/C=C/C(=O)C2CCC3(CC2)COc2ccc(CN)cc23)cc1. The maximum absolute atomic E-state index is 12.8. The lowest BCUT2D eigenvalue weighted by atomic mass is 9.67. The smallest absolute Gasteiger partial charge is 0.158 e. The molecule has 1 fully saturated rings. The Hall–Kier alpha value is -2.39. The van der Waals surface area contributed by atoms with Gasteiger partial charge in [0.15, 0.2) is 5.78 Å². The molecule has 1 aliphatic heterocycles. The van der Waals surface area contributed by atoms with Crippen LogP contribution >= 0.6 is 0 Å². The molecule has 0 bridgehead atoms. The number of carbonyl (C=O) groups is 1. The number of carbonyl (C=O) groups excluding carboxylic acids is 1. The van der Waals surface area contributed by atoms with E-state index in [1.165, 1.54) is 11.1 Å². The highest BCUT2D eigenvalue weighted by atomic mass is 16.5. The van der Waals surface area contributed by atoms with E-state index in [1.54, 1.807) is 6.08 Å². The summed E-state index contributed by atoms with van der Waals surface area (Å²) in [7, 11) is 0. The van der Waals surface area contributed by atoms with Gasteiger partial charge in [-0.1, -0.05) is 63.2 Å². The summed E-state index contributed by atoms with van der Waals surface area (Å²) < 4.78 is 5.99. The van der Waals surface area contributed by atoms with Crippen LogP contribution in [-0.4, -0.2) is 12.4 Å². The summed E-state index contributed by atoms with van der Waals surface area (Å²) in [5, 5.41) is 0. The van der Waals surface area contributed by atoms with E-state index in [1.807, 2.05) is 12.1 Å². The lowest BCUT2D eigenvalue weighted by Crippen LogP contribution is -2.35. The quantitative estimate of drug-likeness (QED) is 0.681. The minimum atomic E-state index is 0.0593. The molecule has 1 aliphatic carbocycles. The van der Waals surface area contributed by atoms with Crippen molar-refractivity contribution in [1.29, 1.82) is 0 Å². The molecule has 30 heavy (non-hydrogen) atoms. The second kappa shape index (κ2) is 8.03. The van der Waals surface area contributed by atoms with Crippen LogP contribution in [0.15, 0.2) is 48.5 Å². The molecular weight excluding hydrogens is 370 g/mol. The molecule has 0 amide bonds. The molecule has 2 aromatic carbocycles. The summed E-state index contributed by atoms with van der Waals surface area (Å²) in [5.41, 5.74) is 10.9. The van der Waals surface area contributed by atoms with Gasteiger partial charge in [-0.15, -0.1) is 0 Å². The van der Waals surface area contributed by atoms with Crippen LogP contribution in [0.1, 0.15) is 68.7 Å². The van der Waals surface area contributed by atoms with Gasteiger partial charge in [0.25, 0.3) is 0 Å². The topological polar surface area (TPSA) is 52.3 Å². The summed E-state index contributed by atoms with van der Waals surface area (Å²) in [6, 6.07) is 14.8. The Labute approximate surface area is 180 Å². The first-order valence-corrected chi connectivity index (χ1v) is 11.1. The molecular formula is C27H33NO2. The zero-order valence-electron chi connectivity index (χ0n) is 18.4. The van der Waals surface area contributed by atoms with E-state index in [0.717, 1.165) is 49.2 Å². The molecule has 3 nitrogen and oxygen atoms in total. The van der Waals surface area contributed by atoms with Crippen molar-refractivity contribution in [1.82, 2.24) is 0 Å². The minimum Gasteiger partial charge on any atom is -0.492 e. The number of ketones is 1. The molecule has 0 aromatic heterocycles. The highest BCUT2D eigenvalue weighted by molar-refractivity contribution is 5.95. The van der Waals surface area contributed by atoms with Crippen molar-refractivity contribution < 1.29 is 9.53 Å². The summed E-state index contributed by atoms with van der Waals surface area (Å²) in [6.07, 6.45) is 7.57. The third kappa shape index (κ3) is 4.09. The lowest BCUT2D eigenvalue weighted by molar-refractivity contribution is -0.119. The van der Waals surface area contributed by atoms with Crippen molar-refractivity contribution >= 4 is 11.9 Å². The van der Waals surface area contributed by atoms with Gasteiger partial charge in [0, 0.05) is 23.4 Å². The monoisotopic (exact) mass is 403 g/mol. The van der Waals surface area contributed by atoms with Crippen molar-refractivity contribution in [3.05, 3.63) is 70.8 Å². The molecule has 2 N–H and O–H groups in total. The Balaban J connectivity index is 1.39. The molecule has 0 atom stereocenters. The van der Waals surface area contributed by atoms with Gasteiger partial charge in [0.2, 0.25) is 0 Å². The van der Waals surface area contributed by atoms with Crippen LogP contribution in [0, 0.1) is 5.92 Å². The molecule has 2 aliphatic rings. The largest absolute Gasteiger partial charge is 0.492 e. The van der Waals surface area contributed by atoms with Gasteiger partial charge >= 0.3 is 0 Å². The Morgan fingerprint density at radius 1 is 1.13 bits per heavy atom. The van der Waals surface area contributed by atoms with E-state index in [0.29, 0.717) is 6.54 Å². The van der Waals surface area contributed by atoms with E-state index < -0.39 is 0 Å². The first-order valence-electron chi connectivity index (χ1n) is 11.1. The van der Waals surface area contributed by atoms with E-state index >= 15 is 0 Å². The average molecular weight is 404 g/mol. The number of hydrogen-bond acceptors (Lipinski definition) is 3. The van der Waals surface area contributed by atoms with Crippen LogP contribution in [0.4, 0.5) is 0 Å². The first kappa shape index (κ1) is 20.9. The van der Waals surface area contributed by atoms with Crippen molar-refractivity contribution in [2.75, 3.05) is 6.61 Å². The van der Waals surface area contributed by atoms with E-state index in [4.69, 9.17) is 10.5 Å². The Kier molecular flexibility index (Phi) is 5.59. The van der Waals surface area contributed by atoms with Crippen molar-refractivity contribution in [2.24, 2.45) is 11.7 Å². The molecule has 1 heterocycles. The van der Waals surface area contributed by atoms with Crippen molar-refractivity contribution in [3.8, 4) is 5.75 Å². The zero-order valence-corrected chi connectivity index (χ0v) is 18.4. The van der Waals surface area contributed by atoms with E-state index in [2.05, 4.69) is 57.2 Å². The van der Waals surface area contributed by atoms with Gasteiger partial charge in [-0.25, -0.2) is 0 Å². The van der Waals surface area contributed by atoms with Gasteiger partial charge < -0.3 is 10.5 Å². The fourth-order valence-corrected chi connectivity index (χ4v) is 4.82. The molecule has 1 saturated carbocycles. The third-order valence-electron chi connectivity index (χ3n) is 6.92. The number of benzene rings is 2. The van der Waals surface area contributed by atoms with Crippen LogP contribution in [-0.2, 0) is 22.2 Å². The molecule has 3 heteroatoms. The highest BCUT2D eigenvalue weighted by Crippen LogP contribution is 2.49. The zero-order chi connectivity index (χ0) is 21.4. The van der Waals surface area contributed by atoms with Gasteiger partial charge in [0.1, 0.15) is 5.75 Å². The normalized spacial score (nSPS) is 23.5. The summed E-state index contributed by atoms with van der Waals surface area (Å²) in [5.74, 6) is 1.36. The number of ether oxygens (including phenoxy) is 1. The Morgan fingerprint density at radius 2 is 1.83 bits per heavy atom. The molecule has 0 radical (unpaired) electrons. The van der Waals surface area contributed by atoms with Crippen LogP contribution in [0.3, 0.4) is 0 Å². The number of rotatable bonds is 4. The number of hydrogen-bond donors (Lipinski definition) is 1. The maximum Gasteiger partial charge on any atom is 0.158 e. The van der Waals surface area contributed by atoms with Gasteiger partial charge in [-0.3, -0.25) is 4.79 Å². The molecule has 2 aromatic rings. The van der Waals surface area contributed by atoms with Gasteiger partial charge in [-0.05, 0) is 59.9 Å². The van der Waals surface area contributed by atoms with Crippen LogP contribution in [0.25, 0.3) is 6.08 Å². The van der Waals surface area contributed by atoms with E-state index in [9.17, 15) is 4.79 Å². The average Bonchev–Trinajstić information content (AvgIpc) is 3.09. The third-order valence-corrected chi connectivity index (χ3v) is 6.92. The fourth-order valence-electron chi connectivity index (χ4n) is 4.82. The molecule has 1 spiro atoms. The molecule has 158 valence electrons. The first-order chi connectivity index (χ1) is 14.3. The standard InChI is InChI=1S/C27H33NO2/c1-26(2,3)22-8-4-19(5-9-22)6-10-24(29)21-12-14-27(15-13-21)18-30-25-11-7-20(17-28)16-23(25)27/h4-11,16,21H,12-15,17-18,28H2,1-3H3/b10-6+. The second-order valence-electron chi connectivity index (χ2n) is 9.99. The van der Waals surface area contributed by atoms with Gasteiger partial charge in [-0.2, -0.15) is 0 Å². The number of nitrogens with two attached hydrogens (primary N) is 1. The second-order valence-corrected chi connectivity index (χ2v) is 9.99. The van der Waals surface area contributed by atoms with Gasteiger partial charge in [0.05, 0.1) is 6.61 Å². The summed E-state index contributed by atoms with van der Waals surface area (Å²) in [4.78, 5) is 12.8. The molecule has 0 unspecified atom stereocenters. The Bertz CT molecular complexity index is 942. The summed E-state index contributed by atoms with van der Waals surface area (Å²) >= 11 is 0. The molecule has 4 rings (SSSR count). The van der Waals surface area contributed by atoms with Crippen LogP contribution in [0.2, 0.25) is 0 Å². The van der Waals surface area contributed by atoms with Crippen molar-refractivity contribution in [3.63, 3.8) is 0 Å². The number of fused-ring (bicyclic) bond motifs is 2. The predicted octanol–water partition coefficient (Wildman–Crippen LogP) is 5.55. The van der Waals surface area contributed by atoms with Crippen molar-refractivity contribution in [2.45, 2.75) is 63.8 Å². The molecule has 0 saturated heterocycles. The van der Waals surface area contributed by atoms with Crippen LogP contribution < -0.4 is 10.5 Å². The van der Waals surface area contributed by atoms with Crippen LogP contribution in [0.5, 0.6) is 5.75 Å². The number of allylic oxidation sites excluding steroid dienone is 1. The summed E-state index contributed by atoms with van der Waals surface area (Å²) in [6.45, 7) is 7.91. The minimum absolute atomic E-state index is 0.0593. The predicted molar refractivity (Wildman–Crippen MR) is 123 cm³/mol. The fraction of sp³-hybridized carbons (Fsp3) is 0.444. The maximum atomic E-state index is 12.8. The lowest BCUT2D eigenvalue weighted by Gasteiger charge is -2.35.